The Morgan fingerprint density at radius 3 is 2.52 bits per heavy atom. The number of halogens is 2. The van der Waals surface area contributed by atoms with Crippen LogP contribution in [0.1, 0.15) is 12.5 Å². The van der Waals surface area contributed by atoms with E-state index >= 15 is 0 Å². The summed E-state index contributed by atoms with van der Waals surface area (Å²) in [4.78, 5) is 26.2. The molecule has 1 fully saturated rings. The Hall–Kier alpha value is -2.77. The van der Waals surface area contributed by atoms with E-state index in [-0.39, 0.29) is 5.70 Å². The van der Waals surface area contributed by atoms with Crippen LogP contribution in [0.5, 0.6) is 11.5 Å². The molecular weight excluding hydrogens is 460 g/mol. The molecule has 1 heterocycles. The summed E-state index contributed by atoms with van der Waals surface area (Å²) in [6, 6.07) is 9.41. The monoisotopic (exact) mass is 476 g/mol. The summed E-state index contributed by atoms with van der Waals surface area (Å²) in [5.74, 6) is 0.607. The second-order valence-electron chi connectivity index (χ2n) is 5.96. The number of carbonyl (C=O) groups is 2. The number of benzene rings is 2. The fourth-order valence-electron chi connectivity index (χ4n) is 2.71. The molecule has 2 aromatic rings. The van der Waals surface area contributed by atoms with E-state index in [1.165, 1.54) is 0 Å². The highest BCUT2D eigenvalue weighted by molar-refractivity contribution is 9.10. The van der Waals surface area contributed by atoms with Crippen LogP contribution >= 0.6 is 27.5 Å². The van der Waals surface area contributed by atoms with E-state index in [0.29, 0.717) is 45.5 Å². The van der Waals surface area contributed by atoms with Gasteiger partial charge in [-0.15, -0.1) is 0 Å². The Morgan fingerprint density at radius 1 is 1.17 bits per heavy atom. The third-order valence-corrected chi connectivity index (χ3v) is 4.92. The lowest BCUT2D eigenvalue weighted by Crippen LogP contribution is -2.30. The molecule has 1 saturated heterocycles. The van der Waals surface area contributed by atoms with Gasteiger partial charge in [0.1, 0.15) is 12.3 Å². The summed E-state index contributed by atoms with van der Waals surface area (Å²) in [7, 11) is 0. The minimum atomic E-state index is -0.532. The number of ether oxygens (including phenoxy) is 2. The van der Waals surface area contributed by atoms with E-state index < -0.39 is 11.9 Å². The molecule has 6 nitrogen and oxygen atoms in total. The van der Waals surface area contributed by atoms with E-state index in [2.05, 4.69) is 27.8 Å². The maximum absolute atomic E-state index is 12.8. The van der Waals surface area contributed by atoms with Crippen LogP contribution < -0.4 is 19.7 Å². The van der Waals surface area contributed by atoms with Crippen LogP contribution in [0.25, 0.3) is 6.08 Å². The van der Waals surface area contributed by atoms with Crippen LogP contribution in [-0.4, -0.2) is 25.2 Å². The van der Waals surface area contributed by atoms with Crippen molar-refractivity contribution in [1.29, 1.82) is 0 Å². The lowest BCUT2D eigenvalue weighted by Gasteiger charge is -2.13. The SMILES string of the molecule is C=CCOc1cc(Br)c(/C=C2/NC(=O)N(c3ccc(Cl)cc3)C2=O)cc1OCC. The Balaban J connectivity index is 1.94. The topological polar surface area (TPSA) is 67.9 Å². The van der Waals surface area contributed by atoms with Crippen LogP contribution in [0.3, 0.4) is 0 Å². The third-order valence-electron chi connectivity index (χ3n) is 3.98. The first-order valence-corrected chi connectivity index (χ1v) is 9.94. The lowest BCUT2D eigenvalue weighted by atomic mass is 10.1. The number of urea groups is 1. The van der Waals surface area contributed by atoms with Gasteiger partial charge >= 0.3 is 6.03 Å². The zero-order valence-corrected chi connectivity index (χ0v) is 17.9. The number of anilines is 1. The van der Waals surface area contributed by atoms with E-state index in [9.17, 15) is 9.59 Å². The average molecular weight is 478 g/mol. The summed E-state index contributed by atoms with van der Waals surface area (Å²) in [5.41, 5.74) is 1.23. The number of hydrogen-bond donors (Lipinski definition) is 1. The standard InChI is InChI=1S/C21H18BrClN2O4/c1-3-9-29-19-12-16(22)13(11-18(19)28-4-2)10-17-20(26)25(21(27)24-17)15-7-5-14(23)6-8-15/h3,5-8,10-12H,1,4,9H2,2H3,(H,24,27)/b17-10+. The van der Waals surface area contributed by atoms with E-state index in [1.807, 2.05) is 6.92 Å². The Kier molecular flexibility index (Phi) is 6.61. The molecule has 8 heteroatoms. The fraction of sp³-hybridized carbons (Fsp3) is 0.143. The van der Waals surface area contributed by atoms with Crippen molar-refractivity contribution in [2.75, 3.05) is 18.1 Å². The first-order chi connectivity index (χ1) is 13.9. The molecule has 0 spiro atoms. The van der Waals surface area contributed by atoms with Crippen LogP contribution in [0, 0.1) is 0 Å². The number of hydrogen-bond acceptors (Lipinski definition) is 4. The average Bonchev–Trinajstić information content (AvgIpc) is 2.97. The molecule has 0 unspecified atom stereocenters. The molecule has 3 rings (SSSR count). The summed E-state index contributed by atoms with van der Waals surface area (Å²) in [6.07, 6.45) is 3.22. The maximum Gasteiger partial charge on any atom is 0.333 e. The predicted octanol–water partition coefficient (Wildman–Crippen LogP) is 5.16. The Labute approximate surface area is 181 Å². The number of rotatable bonds is 7. The highest BCUT2D eigenvalue weighted by Crippen LogP contribution is 2.35. The first-order valence-electron chi connectivity index (χ1n) is 8.77. The quantitative estimate of drug-likeness (QED) is 0.340. The number of nitrogens with one attached hydrogen (secondary N) is 1. The van der Waals surface area contributed by atoms with Gasteiger partial charge in [-0.2, -0.15) is 0 Å². The highest BCUT2D eigenvalue weighted by atomic mass is 79.9. The lowest BCUT2D eigenvalue weighted by molar-refractivity contribution is -0.113. The van der Waals surface area contributed by atoms with Gasteiger partial charge in [0.15, 0.2) is 11.5 Å². The molecule has 150 valence electrons. The summed E-state index contributed by atoms with van der Waals surface area (Å²) < 4.78 is 11.9. The minimum Gasteiger partial charge on any atom is -0.490 e. The summed E-state index contributed by atoms with van der Waals surface area (Å²) in [6.45, 7) is 6.28. The van der Waals surface area contributed by atoms with Crippen molar-refractivity contribution in [3.8, 4) is 11.5 Å². The van der Waals surface area contributed by atoms with Gasteiger partial charge in [0, 0.05) is 9.50 Å². The van der Waals surface area contributed by atoms with Crippen molar-refractivity contribution in [2.24, 2.45) is 0 Å². The summed E-state index contributed by atoms with van der Waals surface area (Å²) >= 11 is 9.36. The second kappa shape index (κ2) is 9.15. The van der Waals surface area contributed by atoms with Crippen LogP contribution in [0.2, 0.25) is 5.02 Å². The van der Waals surface area contributed by atoms with Crippen molar-refractivity contribution in [1.82, 2.24) is 5.32 Å². The van der Waals surface area contributed by atoms with Crippen LogP contribution in [-0.2, 0) is 4.79 Å². The van der Waals surface area contributed by atoms with Gasteiger partial charge in [0.25, 0.3) is 5.91 Å². The zero-order valence-electron chi connectivity index (χ0n) is 15.6. The zero-order chi connectivity index (χ0) is 21.0. The van der Waals surface area contributed by atoms with Crippen molar-refractivity contribution in [2.45, 2.75) is 6.92 Å². The van der Waals surface area contributed by atoms with Crippen molar-refractivity contribution in [3.63, 3.8) is 0 Å². The van der Waals surface area contributed by atoms with Crippen LogP contribution in [0.15, 0.2) is 59.2 Å². The van der Waals surface area contributed by atoms with Crippen LogP contribution in [0.4, 0.5) is 10.5 Å². The van der Waals surface area contributed by atoms with Gasteiger partial charge in [0.2, 0.25) is 0 Å². The van der Waals surface area contributed by atoms with Gasteiger partial charge in [-0.05, 0) is 55.0 Å². The molecule has 2 aromatic carbocycles. The molecule has 0 atom stereocenters. The molecule has 1 aliphatic heterocycles. The molecule has 0 aromatic heterocycles. The van der Waals surface area contributed by atoms with E-state index in [4.69, 9.17) is 21.1 Å². The van der Waals surface area contributed by atoms with Crippen molar-refractivity contribution < 1.29 is 19.1 Å². The van der Waals surface area contributed by atoms with Gasteiger partial charge in [0.05, 0.1) is 12.3 Å². The molecule has 0 saturated carbocycles. The van der Waals surface area contributed by atoms with Gasteiger partial charge < -0.3 is 14.8 Å². The number of amides is 3. The molecule has 3 amide bonds. The Bertz CT molecular complexity index is 989. The minimum absolute atomic E-state index is 0.146. The van der Waals surface area contributed by atoms with E-state index in [1.54, 1.807) is 48.6 Å². The molecule has 0 aliphatic carbocycles. The number of imide groups is 1. The van der Waals surface area contributed by atoms with Gasteiger partial charge in [-0.3, -0.25) is 4.79 Å². The molecule has 1 aliphatic rings. The summed E-state index contributed by atoms with van der Waals surface area (Å²) in [5, 5.41) is 3.12. The smallest absolute Gasteiger partial charge is 0.333 e. The normalized spacial score (nSPS) is 14.9. The highest BCUT2D eigenvalue weighted by Gasteiger charge is 2.35. The molecular formula is C21H18BrClN2O4. The number of carbonyl (C=O) groups excluding carboxylic acids is 2. The maximum atomic E-state index is 12.8. The molecule has 0 radical (unpaired) electrons. The predicted molar refractivity (Wildman–Crippen MR) is 116 cm³/mol. The largest absolute Gasteiger partial charge is 0.490 e. The molecule has 1 N–H and O–H groups in total. The molecule has 29 heavy (non-hydrogen) atoms. The van der Waals surface area contributed by atoms with E-state index in [0.717, 1.165) is 4.90 Å². The second-order valence-corrected chi connectivity index (χ2v) is 7.25. The van der Waals surface area contributed by atoms with Crippen molar-refractivity contribution >= 4 is 51.2 Å². The van der Waals surface area contributed by atoms with Gasteiger partial charge in [-0.1, -0.05) is 40.2 Å². The van der Waals surface area contributed by atoms with Crippen molar-refractivity contribution in [3.05, 3.63) is 69.8 Å². The molecule has 0 bridgehead atoms. The van der Waals surface area contributed by atoms with Gasteiger partial charge in [-0.25, -0.2) is 9.69 Å². The third kappa shape index (κ3) is 4.63. The first kappa shape index (κ1) is 21.0. The fourth-order valence-corrected chi connectivity index (χ4v) is 3.27. The Morgan fingerprint density at radius 2 is 1.86 bits per heavy atom. The number of nitrogens with zero attached hydrogens (tertiary/aromatic N) is 1.